The maximum atomic E-state index is 13.6. The average molecular weight is 747 g/mol. The first kappa shape index (κ1) is 42.9. The molecule has 0 radical (unpaired) electrons. The molecule has 15 heteroatoms. The maximum Gasteiger partial charge on any atom is 0.460 e. The largest absolute Gasteiger partial charge is 0.494 e. The molecule has 0 atom stereocenters. The molecule has 0 aliphatic rings. The zero-order valence-corrected chi connectivity index (χ0v) is 31.2. The van der Waals surface area contributed by atoms with Crippen LogP contribution < -0.4 is 9.47 Å². The second-order valence-corrected chi connectivity index (χ2v) is 26.1. The van der Waals surface area contributed by atoms with Crippen LogP contribution in [0.5, 0.6) is 11.5 Å². The van der Waals surface area contributed by atoms with Crippen LogP contribution in [-0.2, 0) is 0 Å². The van der Waals surface area contributed by atoms with Gasteiger partial charge in [-0.3, -0.25) is 0 Å². The summed E-state index contributed by atoms with van der Waals surface area (Å²) in [4.78, 5) is 8.54. The first-order valence-corrected chi connectivity index (χ1v) is 24.1. The van der Waals surface area contributed by atoms with Crippen molar-refractivity contribution in [2.75, 3.05) is 13.2 Å². The van der Waals surface area contributed by atoms with Gasteiger partial charge >= 0.3 is 23.9 Å². The Balaban J connectivity index is 1.61. The van der Waals surface area contributed by atoms with Crippen LogP contribution in [0.2, 0.25) is 44.4 Å². The Morgan fingerprint density at radius 2 is 1.04 bits per heavy atom. The molecule has 0 amide bonds. The number of ether oxygens (including phenoxy) is 2. The van der Waals surface area contributed by atoms with E-state index >= 15 is 0 Å². The molecular weight excluding hydrogens is 696 g/mol. The highest BCUT2D eigenvalue weighted by atomic mass is 28.4. The average Bonchev–Trinajstić information content (AvgIpc) is 2.98. The highest BCUT2D eigenvalue weighted by molar-refractivity contribution is 6.94. The predicted molar refractivity (Wildman–Crippen MR) is 181 cm³/mol. The summed E-state index contributed by atoms with van der Waals surface area (Å²) in [5.41, 5.74) is 2.28. The fourth-order valence-electron chi connectivity index (χ4n) is 5.92. The van der Waals surface area contributed by atoms with E-state index in [4.69, 9.17) is 9.47 Å². The van der Waals surface area contributed by atoms with E-state index in [-0.39, 0.29) is 19.4 Å². The first-order valence-electron chi connectivity index (χ1n) is 17.0. The molecule has 0 aliphatic carbocycles. The third-order valence-corrected chi connectivity index (χ3v) is 17.9. The minimum Gasteiger partial charge on any atom is -0.494 e. The van der Waals surface area contributed by atoms with Gasteiger partial charge in [-0.05, 0) is 43.5 Å². The fourth-order valence-corrected chi connectivity index (χ4v) is 19.3. The van der Waals surface area contributed by atoms with Gasteiger partial charge in [0.25, 0.3) is 0 Å². The van der Waals surface area contributed by atoms with Gasteiger partial charge in [0.15, 0.2) is 11.6 Å². The van der Waals surface area contributed by atoms with E-state index < -0.39 is 52.9 Å². The Morgan fingerprint density at radius 1 is 0.571 bits per heavy atom. The summed E-state index contributed by atoms with van der Waals surface area (Å²) in [7, 11) is -2.03. The van der Waals surface area contributed by atoms with E-state index in [2.05, 4.69) is 42.7 Å². The normalized spacial score (nSPS) is 13.5. The lowest BCUT2D eigenvalue weighted by Crippen LogP contribution is -2.60. The number of aromatic nitrogens is 2. The molecule has 0 spiro atoms. The second-order valence-electron chi connectivity index (χ2n) is 14.8. The fraction of sp³-hybridized carbons (Fsp3) is 0.706. The van der Waals surface area contributed by atoms with Gasteiger partial charge in [-0.1, -0.05) is 89.4 Å². The lowest BCUT2D eigenvalue weighted by molar-refractivity contribution is -0.396. The molecule has 0 saturated carbocycles. The smallest absolute Gasteiger partial charge is 0.460 e. The van der Waals surface area contributed by atoms with Gasteiger partial charge in [-0.2, -0.15) is 39.5 Å². The molecular formula is C34H51F9N2O2Si2. The Labute approximate surface area is 286 Å². The van der Waals surface area contributed by atoms with Crippen LogP contribution in [0, 0.1) is 0 Å². The van der Waals surface area contributed by atoms with E-state index in [0.29, 0.717) is 24.6 Å². The minimum atomic E-state index is -6.85. The Bertz CT molecular complexity index is 1240. The number of benzene rings is 1. The standard InChI is InChI=1S/C34H51F9N2O2Si2/c1-48(2,3)26-49(4,5)23-15-11-7-6-9-13-21-46-28-18-16-27(17-19-28)30-44-24-29(25-45-30)47-22-14-10-8-12-20-31(35,36)32(37,38)33(39,40)34(41,42)43/h16-19,24-25H,6-15,20-23,26H2,1-5H3. The van der Waals surface area contributed by atoms with Crippen LogP contribution in [0.3, 0.4) is 0 Å². The first-order chi connectivity index (χ1) is 22.6. The van der Waals surface area contributed by atoms with Gasteiger partial charge in [0, 0.05) is 28.1 Å². The quantitative estimate of drug-likeness (QED) is 0.0645. The molecule has 0 fully saturated rings. The summed E-state index contributed by atoms with van der Waals surface area (Å²) in [6, 6.07) is 8.85. The molecule has 2 aromatic rings. The van der Waals surface area contributed by atoms with Crippen molar-refractivity contribution in [2.24, 2.45) is 0 Å². The molecule has 49 heavy (non-hydrogen) atoms. The van der Waals surface area contributed by atoms with E-state index in [9.17, 15) is 39.5 Å². The Hall–Kier alpha value is -2.30. The van der Waals surface area contributed by atoms with Gasteiger partial charge in [-0.15, -0.1) is 0 Å². The van der Waals surface area contributed by atoms with Crippen LogP contribution in [0.1, 0.15) is 70.6 Å². The Morgan fingerprint density at radius 3 is 1.55 bits per heavy atom. The Kier molecular flexibility index (Phi) is 16.0. The number of unbranched alkanes of at least 4 members (excludes halogenated alkanes) is 8. The van der Waals surface area contributed by atoms with Crippen molar-refractivity contribution in [3.63, 3.8) is 0 Å². The summed E-state index contributed by atoms with van der Waals surface area (Å²) in [6.07, 6.45) is 1.34. The molecule has 0 bridgehead atoms. The van der Waals surface area contributed by atoms with Gasteiger partial charge in [0.05, 0.1) is 25.6 Å². The highest BCUT2D eigenvalue weighted by Crippen LogP contribution is 2.54. The maximum absolute atomic E-state index is 13.6. The van der Waals surface area contributed by atoms with Crippen molar-refractivity contribution in [1.29, 1.82) is 0 Å². The lowest BCUT2D eigenvalue weighted by Gasteiger charge is -2.33. The van der Waals surface area contributed by atoms with E-state index in [1.165, 1.54) is 49.8 Å². The molecule has 1 aromatic heterocycles. The molecule has 0 saturated heterocycles. The van der Waals surface area contributed by atoms with Crippen LogP contribution in [0.4, 0.5) is 39.5 Å². The third kappa shape index (κ3) is 14.1. The molecule has 4 nitrogen and oxygen atoms in total. The van der Waals surface area contributed by atoms with Crippen LogP contribution >= 0.6 is 0 Å². The number of nitrogens with zero attached hydrogens (tertiary/aromatic N) is 2. The molecule has 2 rings (SSSR count). The van der Waals surface area contributed by atoms with Crippen molar-refractivity contribution in [3.05, 3.63) is 36.7 Å². The van der Waals surface area contributed by atoms with E-state index in [0.717, 1.165) is 24.2 Å². The summed E-state index contributed by atoms with van der Waals surface area (Å²) in [6.45, 7) is 13.3. The molecule has 0 N–H and O–H groups in total. The summed E-state index contributed by atoms with van der Waals surface area (Å²) in [5.74, 6) is -17.4. The zero-order chi connectivity index (χ0) is 37.0. The zero-order valence-electron chi connectivity index (χ0n) is 29.2. The second kappa shape index (κ2) is 18.3. The van der Waals surface area contributed by atoms with Gasteiger partial charge in [-0.25, -0.2) is 9.97 Å². The van der Waals surface area contributed by atoms with Crippen molar-refractivity contribution in [2.45, 2.75) is 139 Å². The minimum absolute atomic E-state index is 0.0966. The van der Waals surface area contributed by atoms with Crippen LogP contribution in [-0.4, -0.2) is 63.3 Å². The molecule has 1 aromatic carbocycles. The lowest BCUT2D eigenvalue weighted by atomic mass is 9.98. The van der Waals surface area contributed by atoms with Gasteiger partial charge < -0.3 is 9.47 Å². The van der Waals surface area contributed by atoms with Crippen LogP contribution in [0.15, 0.2) is 36.7 Å². The van der Waals surface area contributed by atoms with Crippen LogP contribution in [0.25, 0.3) is 11.4 Å². The monoisotopic (exact) mass is 746 g/mol. The van der Waals surface area contributed by atoms with Crippen molar-refractivity contribution in [1.82, 2.24) is 9.97 Å². The number of hydrogen-bond acceptors (Lipinski definition) is 4. The van der Waals surface area contributed by atoms with E-state index in [1.54, 1.807) is 0 Å². The highest BCUT2D eigenvalue weighted by Gasteiger charge is 2.81. The van der Waals surface area contributed by atoms with Crippen molar-refractivity contribution in [3.8, 4) is 22.9 Å². The third-order valence-electron chi connectivity index (χ3n) is 8.13. The SMILES string of the molecule is C[Si](C)(C)C[Si](C)(C)CCCCCCCCOc1ccc(-c2ncc(OCCCCCCC(F)(F)C(F)(F)C(F)(F)C(F)(F)F)cn2)cc1. The summed E-state index contributed by atoms with van der Waals surface area (Å²) < 4.78 is 128. The number of alkyl halides is 9. The van der Waals surface area contributed by atoms with Gasteiger partial charge in [0.2, 0.25) is 0 Å². The number of rotatable bonds is 23. The molecule has 1 heterocycles. The van der Waals surface area contributed by atoms with Crippen molar-refractivity contribution < 1.29 is 49.0 Å². The van der Waals surface area contributed by atoms with E-state index in [1.807, 2.05) is 24.3 Å². The predicted octanol–water partition coefficient (Wildman–Crippen LogP) is 12.2. The van der Waals surface area contributed by atoms with Crippen molar-refractivity contribution >= 4 is 16.1 Å². The summed E-state index contributed by atoms with van der Waals surface area (Å²) >= 11 is 0. The van der Waals surface area contributed by atoms with Gasteiger partial charge in [0.1, 0.15) is 5.75 Å². The number of hydrogen-bond donors (Lipinski definition) is 0. The summed E-state index contributed by atoms with van der Waals surface area (Å²) in [5, 5.41) is 0. The molecule has 280 valence electrons. The topological polar surface area (TPSA) is 44.2 Å². The number of halogens is 9. The molecule has 0 aliphatic heterocycles. The molecule has 0 unspecified atom stereocenters.